The normalized spacial score (nSPS) is 10.1. The molecule has 0 aliphatic heterocycles. The Kier molecular flexibility index (Phi) is 4.37. The maximum atomic E-state index is 10.9. The van der Waals surface area contributed by atoms with Crippen LogP contribution in [0.3, 0.4) is 0 Å². The van der Waals surface area contributed by atoms with Crippen molar-refractivity contribution in [1.82, 2.24) is 4.98 Å². The lowest BCUT2D eigenvalue weighted by molar-refractivity contribution is -0.385. The average molecular weight is 295 g/mol. The lowest BCUT2D eigenvalue weighted by Gasteiger charge is -2.08. The first-order valence-electron chi connectivity index (χ1n) is 5.66. The predicted octanol–water partition coefficient (Wildman–Crippen LogP) is 3.23. The van der Waals surface area contributed by atoms with E-state index in [0.717, 1.165) is 0 Å². The van der Waals surface area contributed by atoms with Crippen LogP contribution >= 0.6 is 11.6 Å². The summed E-state index contributed by atoms with van der Waals surface area (Å²) in [4.78, 5) is 14.3. The first-order chi connectivity index (χ1) is 9.61. The van der Waals surface area contributed by atoms with Gasteiger partial charge in [-0.2, -0.15) is 0 Å². The highest BCUT2D eigenvalue weighted by molar-refractivity contribution is 6.30. The van der Waals surface area contributed by atoms with Gasteiger partial charge in [-0.05, 0) is 18.2 Å². The van der Waals surface area contributed by atoms with Crippen molar-refractivity contribution in [2.24, 2.45) is 0 Å². The Bertz CT molecular complexity index is 634. The van der Waals surface area contributed by atoms with Crippen LogP contribution in [0.2, 0.25) is 5.15 Å². The van der Waals surface area contributed by atoms with Gasteiger partial charge in [-0.25, -0.2) is 4.98 Å². The minimum atomic E-state index is -0.525. The van der Waals surface area contributed by atoms with Crippen LogP contribution < -0.4 is 9.47 Å². The van der Waals surface area contributed by atoms with E-state index in [2.05, 4.69) is 4.98 Å². The van der Waals surface area contributed by atoms with Crippen molar-refractivity contribution >= 4 is 17.3 Å². The summed E-state index contributed by atoms with van der Waals surface area (Å²) in [6.45, 7) is 0.177. The zero-order valence-electron chi connectivity index (χ0n) is 10.6. The first kappa shape index (κ1) is 14.1. The Morgan fingerprint density at radius 2 is 2.20 bits per heavy atom. The maximum Gasteiger partial charge on any atom is 0.314 e. The number of hydrogen-bond acceptors (Lipinski definition) is 5. The summed E-state index contributed by atoms with van der Waals surface area (Å²) < 4.78 is 10.4. The fourth-order valence-electron chi connectivity index (χ4n) is 1.59. The molecular formula is C13H11ClN2O4. The number of ether oxygens (including phenoxy) is 2. The third-order valence-corrected chi connectivity index (χ3v) is 2.92. The van der Waals surface area contributed by atoms with Crippen molar-refractivity contribution in [3.05, 3.63) is 57.4 Å². The van der Waals surface area contributed by atoms with Gasteiger partial charge in [0.25, 0.3) is 0 Å². The Hall–Kier alpha value is -2.34. The number of pyridine rings is 1. The fourth-order valence-corrected chi connectivity index (χ4v) is 1.76. The van der Waals surface area contributed by atoms with Gasteiger partial charge in [-0.1, -0.05) is 17.7 Å². The van der Waals surface area contributed by atoms with Crippen LogP contribution in [0, 0.1) is 10.1 Å². The van der Waals surface area contributed by atoms with E-state index in [1.54, 1.807) is 24.4 Å². The van der Waals surface area contributed by atoms with Crippen molar-refractivity contribution in [2.45, 2.75) is 6.61 Å². The number of halogens is 1. The van der Waals surface area contributed by atoms with Crippen LogP contribution in [0.5, 0.6) is 11.5 Å². The fraction of sp³-hybridized carbons (Fsp3) is 0.154. The number of nitro groups is 1. The Morgan fingerprint density at radius 3 is 2.85 bits per heavy atom. The molecule has 20 heavy (non-hydrogen) atoms. The highest BCUT2D eigenvalue weighted by atomic mass is 35.5. The van der Waals surface area contributed by atoms with Crippen LogP contribution in [0.4, 0.5) is 5.69 Å². The molecule has 0 spiro atoms. The van der Waals surface area contributed by atoms with Gasteiger partial charge < -0.3 is 9.47 Å². The Morgan fingerprint density at radius 1 is 1.40 bits per heavy atom. The summed E-state index contributed by atoms with van der Waals surface area (Å²) in [6.07, 6.45) is 1.57. The van der Waals surface area contributed by atoms with Crippen molar-refractivity contribution < 1.29 is 14.4 Å². The molecule has 0 unspecified atom stereocenters. The molecular weight excluding hydrogens is 284 g/mol. The van der Waals surface area contributed by atoms with Gasteiger partial charge >= 0.3 is 5.69 Å². The second kappa shape index (κ2) is 6.21. The Labute approximate surface area is 120 Å². The third-order valence-electron chi connectivity index (χ3n) is 2.58. The molecule has 2 aromatic rings. The van der Waals surface area contributed by atoms with Gasteiger partial charge in [0.2, 0.25) is 0 Å². The molecule has 1 heterocycles. The monoisotopic (exact) mass is 294 g/mol. The first-order valence-corrected chi connectivity index (χ1v) is 6.04. The van der Waals surface area contributed by atoms with E-state index in [0.29, 0.717) is 16.5 Å². The number of hydrogen-bond donors (Lipinski definition) is 0. The molecule has 0 amide bonds. The number of nitro benzene ring substituents is 1. The zero-order chi connectivity index (χ0) is 14.5. The summed E-state index contributed by atoms with van der Waals surface area (Å²) in [7, 11) is 1.37. The van der Waals surface area contributed by atoms with Crippen molar-refractivity contribution in [1.29, 1.82) is 0 Å². The van der Waals surface area contributed by atoms with Crippen LogP contribution in [0.25, 0.3) is 0 Å². The summed E-state index contributed by atoms with van der Waals surface area (Å²) in [5.41, 5.74) is 0.551. The van der Waals surface area contributed by atoms with E-state index in [1.807, 2.05) is 0 Å². The molecule has 104 valence electrons. The molecule has 7 heteroatoms. The standard InChI is InChI=1S/C13H11ClN2O4/c1-19-12-5-4-10(7-11(12)16(17)18)20-8-9-3-2-6-15-13(9)14/h2-7H,8H2,1H3. The van der Waals surface area contributed by atoms with Crippen molar-refractivity contribution in [3.63, 3.8) is 0 Å². The van der Waals surface area contributed by atoms with E-state index >= 15 is 0 Å². The quantitative estimate of drug-likeness (QED) is 0.481. The lowest BCUT2D eigenvalue weighted by atomic mass is 10.2. The molecule has 0 saturated carbocycles. The highest BCUT2D eigenvalue weighted by Gasteiger charge is 2.15. The van der Waals surface area contributed by atoms with Gasteiger partial charge in [0, 0.05) is 11.8 Å². The predicted molar refractivity (Wildman–Crippen MR) is 73.2 cm³/mol. The molecule has 0 saturated heterocycles. The molecule has 1 aromatic heterocycles. The van der Waals surface area contributed by atoms with E-state index in [-0.39, 0.29) is 18.0 Å². The molecule has 6 nitrogen and oxygen atoms in total. The highest BCUT2D eigenvalue weighted by Crippen LogP contribution is 2.31. The van der Waals surface area contributed by atoms with Gasteiger partial charge in [-0.15, -0.1) is 0 Å². The molecule has 0 bridgehead atoms. The van der Waals surface area contributed by atoms with Gasteiger partial charge in [0.05, 0.1) is 18.1 Å². The summed E-state index contributed by atoms with van der Waals surface area (Å²) in [5.74, 6) is 0.541. The minimum absolute atomic E-state index is 0.151. The SMILES string of the molecule is COc1ccc(OCc2cccnc2Cl)cc1[N+](=O)[O-]. The summed E-state index contributed by atoms with van der Waals surface area (Å²) in [6, 6.07) is 7.89. The molecule has 1 aromatic carbocycles. The molecule has 0 atom stereocenters. The maximum absolute atomic E-state index is 10.9. The van der Waals surface area contributed by atoms with E-state index in [9.17, 15) is 10.1 Å². The smallest absolute Gasteiger partial charge is 0.314 e. The molecule has 0 N–H and O–H groups in total. The Balaban J connectivity index is 2.16. The van der Waals surface area contributed by atoms with Crippen molar-refractivity contribution in [3.8, 4) is 11.5 Å². The topological polar surface area (TPSA) is 74.5 Å². The van der Waals surface area contributed by atoms with Gasteiger partial charge in [0.1, 0.15) is 17.5 Å². The molecule has 0 aliphatic carbocycles. The van der Waals surface area contributed by atoms with Crippen LogP contribution in [0.1, 0.15) is 5.56 Å². The van der Waals surface area contributed by atoms with Crippen LogP contribution in [0.15, 0.2) is 36.5 Å². The summed E-state index contributed by atoms with van der Waals surface area (Å²) in [5, 5.41) is 11.2. The van der Waals surface area contributed by atoms with Crippen LogP contribution in [-0.2, 0) is 6.61 Å². The van der Waals surface area contributed by atoms with E-state index < -0.39 is 4.92 Å². The number of benzene rings is 1. The van der Waals surface area contributed by atoms with E-state index in [4.69, 9.17) is 21.1 Å². The number of rotatable bonds is 5. The number of aromatic nitrogens is 1. The zero-order valence-corrected chi connectivity index (χ0v) is 11.3. The van der Waals surface area contributed by atoms with E-state index in [1.165, 1.54) is 19.2 Å². The summed E-state index contributed by atoms with van der Waals surface area (Å²) >= 11 is 5.90. The van der Waals surface area contributed by atoms with Gasteiger partial charge in [0.15, 0.2) is 5.75 Å². The van der Waals surface area contributed by atoms with Gasteiger partial charge in [-0.3, -0.25) is 10.1 Å². The lowest BCUT2D eigenvalue weighted by Crippen LogP contribution is -1.99. The molecule has 0 fully saturated rings. The molecule has 0 aliphatic rings. The second-order valence-electron chi connectivity index (χ2n) is 3.83. The number of methoxy groups -OCH3 is 1. The molecule has 2 rings (SSSR count). The number of nitrogens with zero attached hydrogens (tertiary/aromatic N) is 2. The average Bonchev–Trinajstić information content (AvgIpc) is 2.46. The second-order valence-corrected chi connectivity index (χ2v) is 4.19. The third kappa shape index (κ3) is 3.16. The van der Waals surface area contributed by atoms with Crippen LogP contribution in [-0.4, -0.2) is 17.0 Å². The minimum Gasteiger partial charge on any atom is -0.490 e. The molecule has 0 radical (unpaired) electrons. The van der Waals surface area contributed by atoms with Crippen molar-refractivity contribution in [2.75, 3.05) is 7.11 Å². The largest absolute Gasteiger partial charge is 0.490 e.